The van der Waals surface area contributed by atoms with E-state index in [0.29, 0.717) is 18.3 Å². The fourth-order valence-electron chi connectivity index (χ4n) is 2.28. The van der Waals surface area contributed by atoms with Gasteiger partial charge in [0.2, 0.25) is 0 Å². The van der Waals surface area contributed by atoms with Gasteiger partial charge < -0.3 is 15.3 Å². The number of piperidine rings is 1. The molecule has 1 heterocycles. The number of nitrogens with one attached hydrogen (secondary N) is 1. The number of rotatable bonds is 6. The maximum Gasteiger partial charge on any atom is 0.317 e. The minimum Gasteiger partial charge on any atom is -0.481 e. The standard InChI is InChI=1S/C13H24N2O3S/c1-10(19-2)5-6-14-13(18)15-7-3-4-11(9-15)8-12(16)17/h10-11H,3-9H2,1-2H3,(H,14,18)(H,16,17). The second-order valence-corrected chi connectivity index (χ2v) is 6.40. The lowest BCUT2D eigenvalue weighted by Crippen LogP contribution is -2.46. The van der Waals surface area contributed by atoms with E-state index in [0.717, 1.165) is 25.8 Å². The third-order valence-corrected chi connectivity index (χ3v) is 4.54. The number of aliphatic carboxylic acids is 1. The van der Waals surface area contributed by atoms with E-state index in [1.54, 1.807) is 16.7 Å². The Morgan fingerprint density at radius 2 is 2.26 bits per heavy atom. The minimum absolute atomic E-state index is 0.0524. The van der Waals surface area contributed by atoms with Crippen molar-refractivity contribution in [2.45, 2.75) is 37.9 Å². The van der Waals surface area contributed by atoms with Crippen LogP contribution in [0.15, 0.2) is 0 Å². The monoisotopic (exact) mass is 288 g/mol. The van der Waals surface area contributed by atoms with E-state index in [1.807, 2.05) is 0 Å². The van der Waals surface area contributed by atoms with Crippen LogP contribution in [-0.2, 0) is 4.79 Å². The number of nitrogens with zero attached hydrogens (tertiary/aromatic N) is 1. The van der Waals surface area contributed by atoms with Crippen molar-refractivity contribution >= 4 is 23.8 Å². The highest BCUT2D eigenvalue weighted by atomic mass is 32.2. The van der Waals surface area contributed by atoms with E-state index < -0.39 is 5.97 Å². The predicted molar refractivity (Wildman–Crippen MR) is 77.5 cm³/mol. The molecule has 2 unspecified atom stereocenters. The second kappa shape index (κ2) is 8.30. The molecule has 0 aromatic carbocycles. The number of likely N-dealkylation sites (tertiary alicyclic amines) is 1. The first kappa shape index (κ1) is 16.1. The molecule has 5 nitrogen and oxygen atoms in total. The van der Waals surface area contributed by atoms with Crippen LogP contribution in [-0.4, -0.2) is 53.1 Å². The fourth-order valence-corrected chi connectivity index (χ4v) is 2.63. The van der Waals surface area contributed by atoms with Crippen molar-refractivity contribution in [3.8, 4) is 0 Å². The predicted octanol–water partition coefficient (Wildman–Crippen LogP) is 2.02. The molecule has 19 heavy (non-hydrogen) atoms. The molecule has 0 bridgehead atoms. The van der Waals surface area contributed by atoms with Gasteiger partial charge in [0.05, 0.1) is 0 Å². The summed E-state index contributed by atoms with van der Waals surface area (Å²) in [5.41, 5.74) is 0. The van der Waals surface area contributed by atoms with Gasteiger partial charge in [-0.25, -0.2) is 4.79 Å². The molecule has 0 aromatic rings. The lowest BCUT2D eigenvalue weighted by molar-refractivity contribution is -0.138. The number of thioether (sulfide) groups is 1. The Bertz CT molecular complexity index is 312. The molecular weight excluding hydrogens is 264 g/mol. The van der Waals surface area contributed by atoms with Crippen molar-refractivity contribution in [1.82, 2.24) is 10.2 Å². The van der Waals surface area contributed by atoms with Gasteiger partial charge >= 0.3 is 12.0 Å². The summed E-state index contributed by atoms with van der Waals surface area (Å²) >= 11 is 1.79. The molecule has 0 aliphatic carbocycles. The average Bonchev–Trinajstić information content (AvgIpc) is 2.37. The zero-order valence-electron chi connectivity index (χ0n) is 11.7. The molecule has 2 atom stereocenters. The van der Waals surface area contributed by atoms with Crippen molar-refractivity contribution < 1.29 is 14.7 Å². The summed E-state index contributed by atoms with van der Waals surface area (Å²) in [5, 5.41) is 12.3. The van der Waals surface area contributed by atoms with E-state index in [2.05, 4.69) is 18.5 Å². The van der Waals surface area contributed by atoms with Gasteiger partial charge in [-0.3, -0.25) is 4.79 Å². The molecule has 1 rings (SSSR count). The highest BCUT2D eigenvalue weighted by Gasteiger charge is 2.24. The Kier molecular flexibility index (Phi) is 7.05. The number of urea groups is 1. The topological polar surface area (TPSA) is 69.6 Å². The molecule has 1 aliphatic rings. The van der Waals surface area contributed by atoms with Gasteiger partial charge in [-0.15, -0.1) is 0 Å². The van der Waals surface area contributed by atoms with Gasteiger partial charge in [0, 0.05) is 31.3 Å². The van der Waals surface area contributed by atoms with Crippen LogP contribution in [0.25, 0.3) is 0 Å². The largest absolute Gasteiger partial charge is 0.481 e. The number of carboxylic acid groups (broad SMARTS) is 1. The number of carboxylic acids is 1. The first-order chi connectivity index (χ1) is 9.02. The molecule has 0 radical (unpaired) electrons. The van der Waals surface area contributed by atoms with Crippen LogP contribution >= 0.6 is 11.8 Å². The molecule has 0 aromatic heterocycles. The number of carbonyl (C=O) groups excluding carboxylic acids is 1. The first-order valence-electron chi connectivity index (χ1n) is 6.80. The van der Waals surface area contributed by atoms with E-state index in [-0.39, 0.29) is 18.4 Å². The zero-order valence-corrected chi connectivity index (χ0v) is 12.5. The maximum atomic E-state index is 12.0. The molecular formula is C13H24N2O3S. The van der Waals surface area contributed by atoms with Crippen molar-refractivity contribution in [3.05, 3.63) is 0 Å². The molecule has 2 amide bonds. The number of amides is 2. The zero-order chi connectivity index (χ0) is 14.3. The summed E-state index contributed by atoms with van der Waals surface area (Å²) in [4.78, 5) is 24.4. The van der Waals surface area contributed by atoms with E-state index in [1.165, 1.54) is 0 Å². The van der Waals surface area contributed by atoms with Crippen LogP contribution in [0.3, 0.4) is 0 Å². The van der Waals surface area contributed by atoms with Crippen LogP contribution < -0.4 is 5.32 Å². The van der Waals surface area contributed by atoms with Gasteiger partial charge in [0.15, 0.2) is 0 Å². The molecule has 0 saturated carbocycles. The van der Waals surface area contributed by atoms with Gasteiger partial charge in [-0.2, -0.15) is 11.8 Å². The van der Waals surface area contributed by atoms with E-state index in [4.69, 9.17) is 5.11 Å². The summed E-state index contributed by atoms with van der Waals surface area (Å²) in [7, 11) is 0. The Balaban J connectivity index is 2.29. The Hall–Kier alpha value is -0.910. The van der Waals surface area contributed by atoms with Crippen LogP contribution in [0, 0.1) is 5.92 Å². The molecule has 2 N–H and O–H groups in total. The quantitative estimate of drug-likeness (QED) is 0.784. The van der Waals surface area contributed by atoms with E-state index >= 15 is 0 Å². The smallest absolute Gasteiger partial charge is 0.317 e. The lowest BCUT2D eigenvalue weighted by atomic mass is 9.95. The third-order valence-electron chi connectivity index (χ3n) is 3.50. The summed E-state index contributed by atoms with van der Waals surface area (Å²) in [6.07, 6.45) is 4.98. The number of carbonyl (C=O) groups is 2. The summed E-state index contributed by atoms with van der Waals surface area (Å²) in [6.45, 7) is 4.12. The van der Waals surface area contributed by atoms with Gasteiger partial charge in [-0.1, -0.05) is 6.92 Å². The van der Waals surface area contributed by atoms with Gasteiger partial charge in [0.25, 0.3) is 0 Å². The van der Waals surface area contributed by atoms with Crippen molar-refractivity contribution in [1.29, 1.82) is 0 Å². The minimum atomic E-state index is -0.777. The lowest BCUT2D eigenvalue weighted by Gasteiger charge is -2.32. The first-order valence-corrected chi connectivity index (χ1v) is 8.09. The van der Waals surface area contributed by atoms with Gasteiger partial charge in [-0.05, 0) is 31.4 Å². The van der Waals surface area contributed by atoms with Crippen LogP contribution in [0.4, 0.5) is 4.79 Å². The molecule has 110 valence electrons. The molecule has 0 spiro atoms. The number of hydrogen-bond donors (Lipinski definition) is 2. The van der Waals surface area contributed by atoms with Crippen LogP contribution in [0.5, 0.6) is 0 Å². The highest BCUT2D eigenvalue weighted by molar-refractivity contribution is 7.99. The normalized spacial score (nSPS) is 20.9. The second-order valence-electron chi connectivity index (χ2n) is 5.12. The summed E-state index contributed by atoms with van der Waals surface area (Å²) in [6, 6.07) is -0.0524. The Labute approximate surface area is 119 Å². The van der Waals surface area contributed by atoms with Crippen LogP contribution in [0.2, 0.25) is 0 Å². The third kappa shape index (κ3) is 6.18. The SMILES string of the molecule is CSC(C)CCNC(=O)N1CCCC(CC(=O)O)C1. The molecule has 1 saturated heterocycles. The van der Waals surface area contributed by atoms with Crippen molar-refractivity contribution in [2.75, 3.05) is 25.9 Å². The Morgan fingerprint density at radius 3 is 2.89 bits per heavy atom. The fraction of sp³-hybridized carbons (Fsp3) is 0.846. The van der Waals surface area contributed by atoms with Crippen molar-refractivity contribution in [3.63, 3.8) is 0 Å². The van der Waals surface area contributed by atoms with E-state index in [9.17, 15) is 9.59 Å². The van der Waals surface area contributed by atoms with Crippen LogP contribution in [0.1, 0.15) is 32.6 Å². The summed E-state index contributed by atoms with van der Waals surface area (Å²) < 4.78 is 0. The number of hydrogen-bond acceptors (Lipinski definition) is 3. The Morgan fingerprint density at radius 1 is 1.53 bits per heavy atom. The maximum absolute atomic E-state index is 12.0. The molecule has 1 aliphatic heterocycles. The van der Waals surface area contributed by atoms with Crippen molar-refractivity contribution in [2.24, 2.45) is 5.92 Å². The molecule has 1 fully saturated rings. The molecule has 6 heteroatoms. The van der Waals surface area contributed by atoms with Gasteiger partial charge in [0.1, 0.15) is 0 Å². The highest BCUT2D eigenvalue weighted by Crippen LogP contribution is 2.19. The average molecular weight is 288 g/mol. The summed E-state index contributed by atoms with van der Waals surface area (Å²) in [5.74, 6) is -0.678.